The summed E-state index contributed by atoms with van der Waals surface area (Å²) in [5.41, 5.74) is 0.520. The monoisotopic (exact) mass is 420 g/mol. The Morgan fingerprint density at radius 3 is 1.96 bits per heavy atom. The Bertz CT molecular complexity index is 534. The Morgan fingerprint density at radius 1 is 1.00 bits per heavy atom. The van der Waals surface area contributed by atoms with Gasteiger partial charge in [-0.1, -0.05) is 58.0 Å². The molecule has 1 aromatic carbocycles. The van der Waals surface area contributed by atoms with E-state index in [-0.39, 0.29) is 11.2 Å². The molecule has 0 heterocycles. The molecule has 0 amide bonds. The summed E-state index contributed by atoms with van der Waals surface area (Å²) in [6, 6.07) is 9.40. The molecule has 0 aliphatic rings. The zero-order valence-corrected chi connectivity index (χ0v) is 19.3. The molecule has 0 unspecified atom stereocenters. The lowest BCUT2D eigenvalue weighted by molar-refractivity contribution is 0.0858. The molecule has 4 nitrogen and oxygen atoms in total. The number of rotatable bonds is 10. The van der Waals surface area contributed by atoms with E-state index in [4.69, 9.17) is 9.05 Å². The van der Waals surface area contributed by atoms with Crippen LogP contribution in [0.1, 0.15) is 51.9 Å². The lowest BCUT2D eigenvalue weighted by Gasteiger charge is -2.16. The molecule has 0 saturated heterocycles. The van der Waals surface area contributed by atoms with E-state index in [1.165, 1.54) is 11.4 Å². The number of carbonyl (C=O) groups excluding carboxylic acids is 1. The van der Waals surface area contributed by atoms with Gasteiger partial charge in [-0.15, -0.1) is 0 Å². The highest BCUT2D eigenvalue weighted by Crippen LogP contribution is 2.60. The van der Waals surface area contributed by atoms with Gasteiger partial charge in [0.1, 0.15) is 0 Å². The molecule has 0 aliphatic heterocycles. The third kappa shape index (κ3) is 11.5. The van der Waals surface area contributed by atoms with Gasteiger partial charge in [0.05, 0.1) is 13.2 Å². The van der Waals surface area contributed by atoms with E-state index in [1.807, 2.05) is 76.7 Å². The summed E-state index contributed by atoms with van der Waals surface area (Å²) in [5.74, 6) is 3.10. The minimum atomic E-state index is -2.86. The maximum Gasteiger partial charge on any atom is 0.389 e. The van der Waals surface area contributed by atoms with Crippen LogP contribution in [0.15, 0.2) is 30.3 Å². The van der Waals surface area contributed by atoms with Crippen LogP contribution in [0.4, 0.5) is 0 Å². The average molecular weight is 421 g/mol. The molecule has 0 N–H and O–H groups in total. The largest absolute Gasteiger partial charge is 0.389 e. The summed E-state index contributed by atoms with van der Waals surface area (Å²) in [5, 5.41) is 0. The Balaban J connectivity index is 0.000000485. The van der Waals surface area contributed by atoms with E-state index in [9.17, 15) is 9.36 Å². The molecule has 0 fully saturated rings. The highest BCUT2D eigenvalue weighted by Gasteiger charge is 2.23. The van der Waals surface area contributed by atoms with Crippen molar-refractivity contribution in [2.24, 2.45) is 5.41 Å². The van der Waals surface area contributed by atoms with E-state index >= 15 is 0 Å². The molecule has 0 aliphatic carbocycles. The topological polar surface area (TPSA) is 52.6 Å². The third-order valence-corrected chi connectivity index (χ3v) is 8.11. The molecular formula is C19H33O4PS2. The normalized spacial score (nSPS) is 11.6. The van der Waals surface area contributed by atoms with Crippen LogP contribution in [0.2, 0.25) is 0 Å². The van der Waals surface area contributed by atoms with Gasteiger partial charge in [-0.05, 0) is 31.0 Å². The molecule has 0 bridgehead atoms. The van der Waals surface area contributed by atoms with Crippen LogP contribution in [0.5, 0.6) is 0 Å². The fourth-order valence-electron chi connectivity index (χ4n) is 1.80. The number of benzene rings is 1. The van der Waals surface area contributed by atoms with Gasteiger partial charge in [0.2, 0.25) is 0 Å². The molecule has 0 saturated carbocycles. The predicted molar refractivity (Wildman–Crippen MR) is 117 cm³/mol. The highest BCUT2D eigenvalue weighted by molar-refractivity contribution is 8.55. The van der Waals surface area contributed by atoms with Gasteiger partial charge in [0, 0.05) is 22.5 Å². The third-order valence-electron chi connectivity index (χ3n) is 2.97. The van der Waals surface area contributed by atoms with Gasteiger partial charge < -0.3 is 9.05 Å². The maximum atomic E-state index is 11.9. The molecule has 0 radical (unpaired) electrons. The molecule has 150 valence electrons. The first-order valence-corrected chi connectivity index (χ1v) is 13.2. The van der Waals surface area contributed by atoms with Gasteiger partial charge in [0.15, 0.2) is 5.78 Å². The summed E-state index contributed by atoms with van der Waals surface area (Å²) in [4.78, 5) is 11.7. The van der Waals surface area contributed by atoms with Crippen LogP contribution in [0.3, 0.4) is 0 Å². The van der Waals surface area contributed by atoms with Gasteiger partial charge in [-0.2, -0.15) is 11.8 Å². The molecule has 26 heavy (non-hydrogen) atoms. The average Bonchev–Trinajstić information content (AvgIpc) is 2.59. The zero-order valence-electron chi connectivity index (χ0n) is 16.8. The van der Waals surface area contributed by atoms with Crippen molar-refractivity contribution in [2.75, 3.05) is 30.5 Å². The van der Waals surface area contributed by atoms with Gasteiger partial charge in [-0.3, -0.25) is 4.79 Å². The number of hydrogen-bond donors (Lipinski definition) is 0. The van der Waals surface area contributed by atoms with Crippen LogP contribution in [0.25, 0.3) is 0 Å². The van der Waals surface area contributed by atoms with Crippen molar-refractivity contribution in [2.45, 2.75) is 41.5 Å². The van der Waals surface area contributed by atoms with Gasteiger partial charge >= 0.3 is 6.80 Å². The van der Waals surface area contributed by atoms with Crippen molar-refractivity contribution in [1.29, 1.82) is 0 Å². The molecule has 0 spiro atoms. The highest BCUT2D eigenvalue weighted by atomic mass is 32.7. The number of thioether (sulfide) groups is 1. The SMILES string of the molecule is CC(C)(C)C(=O)c1ccccc1.CCOP(=O)(OCC)SCCSCC. The van der Waals surface area contributed by atoms with Crippen LogP contribution in [0, 0.1) is 5.41 Å². The van der Waals surface area contributed by atoms with Crippen LogP contribution < -0.4 is 0 Å². The van der Waals surface area contributed by atoms with Gasteiger partial charge in [0.25, 0.3) is 0 Å². The second-order valence-corrected chi connectivity index (χ2v) is 11.8. The smallest absolute Gasteiger partial charge is 0.301 e. The van der Waals surface area contributed by atoms with E-state index < -0.39 is 6.80 Å². The van der Waals surface area contributed by atoms with Crippen molar-refractivity contribution in [1.82, 2.24) is 0 Å². The first kappa shape index (κ1) is 25.7. The van der Waals surface area contributed by atoms with Crippen LogP contribution in [-0.2, 0) is 13.6 Å². The second-order valence-electron chi connectivity index (χ2n) is 6.26. The quantitative estimate of drug-likeness (QED) is 0.242. The fourth-order valence-corrected chi connectivity index (χ4v) is 6.36. The number of ketones is 1. The minimum absolute atomic E-state index is 0.197. The Morgan fingerprint density at radius 2 is 1.54 bits per heavy atom. The van der Waals surface area contributed by atoms with E-state index in [2.05, 4.69) is 6.92 Å². The Kier molecular flexibility index (Phi) is 13.7. The number of carbonyl (C=O) groups is 1. The summed E-state index contributed by atoms with van der Waals surface area (Å²) < 4.78 is 22.2. The van der Waals surface area contributed by atoms with Crippen molar-refractivity contribution in [3.05, 3.63) is 35.9 Å². The first-order valence-electron chi connectivity index (χ1n) is 8.91. The summed E-state index contributed by atoms with van der Waals surface area (Å²) in [6.07, 6.45) is 0. The van der Waals surface area contributed by atoms with Crippen LogP contribution in [-0.4, -0.2) is 36.3 Å². The molecule has 1 rings (SSSR count). The molecule has 7 heteroatoms. The molecule has 1 aromatic rings. The minimum Gasteiger partial charge on any atom is -0.301 e. The predicted octanol–water partition coefficient (Wildman–Crippen LogP) is 6.57. The molecule has 0 aromatic heterocycles. The zero-order chi connectivity index (χ0) is 20.1. The van der Waals surface area contributed by atoms with Crippen molar-refractivity contribution < 1.29 is 18.4 Å². The standard InChI is InChI=1S/C11H14O.C8H19O3PS2/c1-11(2,3)10(12)9-7-5-4-6-8-9;1-4-10-12(9,11-5-2)14-8-7-13-6-3/h4-8H,1-3H3;4-8H2,1-3H3. The van der Waals surface area contributed by atoms with Crippen LogP contribution >= 0.6 is 29.9 Å². The fraction of sp³-hybridized carbons (Fsp3) is 0.632. The Hall–Kier alpha value is -0.260. The van der Waals surface area contributed by atoms with Crippen molar-refractivity contribution in [3.63, 3.8) is 0 Å². The van der Waals surface area contributed by atoms with Gasteiger partial charge in [-0.25, -0.2) is 4.57 Å². The summed E-state index contributed by atoms with van der Waals surface area (Å²) in [6.45, 7) is 9.58. The number of Topliss-reactive ketones (excluding diaryl/α,β-unsaturated/α-hetero) is 1. The van der Waals surface area contributed by atoms with E-state index in [0.717, 1.165) is 22.8 Å². The number of hydrogen-bond acceptors (Lipinski definition) is 6. The molecular weight excluding hydrogens is 387 g/mol. The first-order chi connectivity index (χ1) is 12.2. The van der Waals surface area contributed by atoms with Crippen molar-refractivity contribution >= 4 is 35.7 Å². The maximum absolute atomic E-state index is 11.9. The lowest BCUT2D eigenvalue weighted by atomic mass is 9.87. The molecule has 0 atom stereocenters. The summed E-state index contributed by atoms with van der Waals surface area (Å²) in [7, 11) is 0. The Labute approximate surface area is 167 Å². The van der Waals surface area contributed by atoms with Crippen molar-refractivity contribution in [3.8, 4) is 0 Å². The van der Waals surface area contributed by atoms with E-state index in [1.54, 1.807) is 0 Å². The lowest BCUT2D eigenvalue weighted by Crippen LogP contribution is -2.19. The van der Waals surface area contributed by atoms with E-state index in [0.29, 0.717) is 13.2 Å². The second kappa shape index (κ2) is 13.8. The summed E-state index contributed by atoms with van der Waals surface area (Å²) >= 11 is 3.14.